The van der Waals surface area contributed by atoms with Gasteiger partial charge in [0.15, 0.2) is 0 Å². The first-order valence-electron chi connectivity index (χ1n) is 9.83. The van der Waals surface area contributed by atoms with E-state index in [9.17, 15) is 0 Å². The first kappa shape index (κ1) is 18.2. The monoisotopic (exact) mass is 368 g/mol. The number of hydrogen-bond acceptors (Lipinski definition) is 3. The van der Waals surface area contributed by atoms with Crippen LogP contribution in [0.3, 0.4) is 0 Å². The maximum atomic E-state index is 5.81. The molecule has 0 fully saturated rings. The largest absolute Gasteiger partial charge is 0.493 e. The fraction of sp³-hybridized carbons (Fsp3) is 0.200. The molecule has 3 heteroatoms. The summed E-state index contributed by atoms with van der Waals surface area (Å²) in [4.78, 5) is 9.05. The van der Waals surface area contributed by atoms with Crippen LogP contribution in [0.1, 0.15) is 30.9 Å². The Morgan fingerprint density at radius 3 is 2.75 bits per heavy atom. The van der Waals surface area contributed by atoms with Crippen molar-refractivity contribution in [3.8, 4) is 16.9 Å². The van der Waals surface area contributed by atoms with E-state index in [0.29, 0.717) is 6.61 Å². The second kappa shape index (κ2) is 8.66. The lowest BCUT2D eigenvalue weighted by molar-refractivity contribution is 0.341. The van der Waals surface area contributed by atoms with Crippen LogP contribution < -0.4 is 4.74 Å². The van der Waals surface area contributed by atoms with Crippen LogP contribution in [0.15, 0.2) is 83.6 Å². The van der Waals surface area contributed by atoms with Gasteiger partial charge in [0, 0.05) is 30.1 Å². The van der Waals surface area contributed by atoms with Crippen LogP contribution in [0.5, 0.6) is 5.75 Å². The molecule has 0 spiro atoms. The molecule has 0 amide bonds. The van der Waals surface area contributed by atoms with E-state index in [1.165, 1.54) is 11.1 Å². The van der Waals surface area contributed by atoms with Crippen molar-refractivity contribution in [2.24, 2.45) is 4.99 Å². The Hall–Kier alpha value is -3.20. The summed E-state index contributed by atoms with van der Waals surface area (Å²) in [5.74, 6) is 0.921. The van der Waals surface area contributed by atoms with Gasteiger partial charge in [-0.15, -0.1) is 0 Å². The molecule has 0 saturated heterocycles. The summed E-state index contributed by atoms with van der Waals surface area (Å²) in [5, 5.41) is 0. The molecule has 4 rings (SSSR count). The third kappa shape index (κ3) is 4.04. The van der Waals surface area contributed by atoms with Gasteiger partial charge in [-0.3, -0.25) is 9.98 Å². The van der Waals surface area contributed by atoms with Crippen LogP contribution in [0.4, 0.5) is 0 Å². The van der Waals surface area contributed by atoms with E-state index in [0.717, 1.165) is 47.5 Å². The maximum absolute atomic E-state index is 5.81. The zero-order valence-electron chi connectivity index (χ0n) is 16.1. The van der Waals surface area contributed by atoms with Gasteiger partial charge in [0.25, 0.3) is 0 Å². The lowest BCUT2D eigenvalue weighted by atomic mass is 9.94. The number of aromatic nitrogens is 1. The second-order valence-corrected chi connectivity index (χ2v) is 6.80. The number of pyridine rings is 1. The summed E-state index contributed by atoms with van der Waals surface area (Å²) in [6, 6.07) is 20.9. The molecule has 2 heterocycles. The third-order valence-corrected chi connectivity index (χ3v) is 4.84. The molecule has 1 aliphatic heterocycles. The third-order valence-electron chi connectivity index (χ3n) is 4.84. The molecule has 1 aliphatic rings. The second-order valence-electron chi connectivity index (χ2n) is 6.80. The minimum atomic E-state index is 0.658. The number of nitrogens with zero attached hydrogens (tertiary/aromatic N) is 2. The molecule has 3 aromatic rings. The maximum Gasteiger partial charge on any atom is 0.127 e. The van der Waals surface area contributed by atoms with Gasteiger partial charge in [0.05, 0.1) is 12.3 Å². The predicted molar refractivity (Wildman–Crippen MR) is 116 cm³/mol. The van der Waals surface area contributed by atoms with E-state index in [1.54, 1.807) is 6.20 Å². The van der Waals surface area contributed by atoms with Gasteiger partial charge in [-0.2, -0.15) is 0 Å². The van der Waals surface area contributed by atoms with Gasteiger partial charge in [0.2, 0.25) is 0 Å². The molecule has 2 aromatic carbocycles. The van der Waals surface area contributed by atoms with Crippen molar-refractivity contribution in [2.45, 2.75) is 19.8 Å². The van der Waals surface area contributed by atoms with Crippen molar-refractivity contribution in [3.05, 3.63) is 89.8 Å². The quantitative estimate of drug-likeness (QED) is 0.569. The van der Waals surface area contributed by atoms with Crippen LogP contribution in [-0.4, -0.2) is 23.8 Å². The summed E-state index contributed by atoms with van der Waals surface area (Å²) < 4.78 is 5.81. The van der Waals surface area contributed by atoms with Crippen LogP contribution in [0.25, 0.3) is 17.2 Å². The highest BCUT2D eigenvalue weighted by atomic mass is 16.5. The number of para-hydroxylation sites is 1. The lowest BCUT2D eigenvalue weighted by Gasteiger charge is -2.16. The molecule has 1 aromatic heterocycles. The Bertz CT molecular complexity index is 1010. The average molecular weight is 368 g/mol. The molecule has 0 radical (unpaired) electrons. The molecule has 0 atom stereocenters. The number of benzene rings is 2. The predicted octanol–water partition coefficient (Wildman–Crippen LogP) is 5.81. The average Bonchev–Trinajstić information content (AvgIpc) is 2.76. The van der Waals surface area contributed by atoms with Crippen LogP contribution in [-0.2, 0) is 0 Å². The summed E-state index contributed by atoms with van der Waals surface area (Å²) in [6.07, 6.45) is 8.08. The van der Waals surface area contributed by atoms with Gasteiger partial charge < -0.3 is 4.74 Å². The molecule has 0 unspecified atom stereocenters. The molecule has 3 nitrogen and oxygen atoms in total. The van der Waals surface area contributed by atoms with Crippen molar-refractivity contribution in [3.63, 3.8) is 0 Å². The van der Waals surface area contributed by atoms with E-state index in [2.05, 4.69) is 53.5 Å². The smallest absolute Gasteiger partial charge is 0.127 e. The lowest BCUT2D eigenvalue weighted by Crippen LogP contribution is -2.11. The van der Waals surface area contributed by atoms with Gasteiger partial charge in [-0.05, 0) is 66.8 Å². The van der Waals surface area contributed by atoms with Crippen LogP contribution in [0.2, 0.25) is 0 Å². The van der Waals surface area contributed by atoms with Crippen LogP contribution >= 0.6 is 0 Å². The van der Waals surface area contributed by atoms with Crippen molar-refractivity contribution in [1.29, 1.82) is 0 Å². The van der Waals surface area contributed by atoms with E-state index >= 15 is 0 Å². The fourth-order valence-electron chi connectivity index (χ4n) is 3.58. The number of hydrogen-bond donors (Lipinski definition) is 0. The van der Waals surface area contributed by atoms with E-state index in [1.807, 2.05) is 31.3 Å². The number of rotatable bonds is 5. The highest BCUT2D eigenvalue weighted by Crippen LogP contribution is 2.31. The van der Waals surface area contributed by atoms with Gasteiger partial charge >= 0.3 is 0 Å². The van der Waals surface area contributed by atoms with Gasteiger partial charge in [-0.25, -0.2) is 0 Å². The first-order valence-corrected chi connectivity index (χ1v) is 9.83. The molecule has 0 aliphatic carbocycles. The molecule has 0 saturated carbocycles. The van der Waals surface area contributed by atoms with Crippen molar-refractivity contribution in [1.82, 2.24) is 4.98 Å². The highest BCUT2D eigenvalue weighted by Gasteiger charge is 2.14. The topological polar surface area (TPSA) is 34.5 Å². The van der Waals surface area contributed by atoms with Crippen molar-refractivity contribution >= 4 is 11.8 Å². The zero-order valence-corrected chi connectivity index (χ0v) is 16.1. The number of ether oxygens (including phenoxy) is 1. The highest BCUT2D eigenvalue weighted by molar-refractivity contribution is 6.15. The minimum Gasteiger partial charge on any atom is -0.493 e. The van der Waals surface area contributed by atoms with Crippen LogP contribution in [0, 0.1) is 0 Å². The van der Waals surface area contributed by atoms with Crippen molar-refractivity contribution < 1.29 is 4.74 Å². The molecule has 0 N–H and O–H groups in total. The summed E-state index contributed by atoms with van der Waals surface area (Å²) in [7, 11) is 0. The van der Waals surface area contributed by atoms with Gasteiger partial charge in [0.1, 0.15) is 5.75 Å². The Morgan fingerprint density at radius 1 is 1.00 bits per heavy atom. The Balaban J connectivity index is 1.70. The molecule has 0 bridgehead atoms. The van der Waals surface area contributed by atoms with E-state index in [-0.39, 0.29) is 0 Å². The summed E-state index contributed by atoms with van der Waals surface area (Å²) in [5.41, 5.74) is 6.89. The zero-order chi connectivity index (χ0) is 19.2. The first-order chi connectivity index (χ1) is 13.8. The molecule has 140 valence electrons. The fourth-order valence-corrected chi connectivity index (χ4v) is 3.58. The molecular formula is C25H24N2O. The van der Waals surface area contributed by atoms with Crippen molar-refractivity contribution in [2.75, 3.05) is 13.2 Å². The standard InChI is InChI=1S/C25H24N2O/c1-2-28-24-13-4-3-12-23(24)20-9-5-8-19(16-20)17-21-10-7-15-27-25(21)22-11-6-14-26-18-22/h3-6,8-9,11-14,16-18H,2,7,10,15H2,1H3. The molecular weight excluding hydrogens is 344 g/mol. The van der Waals surface area contributed by atoms with E-state index < -0.39 is 0 Å². The normalized spacial score (nSPS) is 15.3. The Labute approximate surface area is 166 Å². The summed E-state index contributed by atoms with van der Waals surface area (Å²) in [6.45, 7) is 3.55. The minimum absolute atomic E-state index is 0.658. The Kier molecular flexibility index (Phi) is 5.62. The number of allylic oxidation sites excluding steroid dienone is 1. The Morgan fingerprint density at radius 2 is 1.89 bits per heavy atom. The summed E-state index contributed by atoms with van der Waals surface area (Å²) >= 11 is 0. The molecule has 28 heavy (non-hydrogen) atoms. The SMILES string of the molecule is CCOc1ccccc1-c1cccc(C=C2CCCN=C2c2cccnc2)c1. The van der Waals surface area contributed by atoms with E-state index in [4.69, 9.17) is 9.73 Å². The number of aliphatic imine (C=N–C) groups is 1. The van der Waals surface area contributed by atoms with Gasteiger partial charge in [-0.1, -0.05) is 36.4 Å².